The number of hydrogen-bond donors (Lipinski definition) is 1. The minimum atomic E-state index is -2.97. The van der Waals surface area contributed by atoms with E-state index >= 15 is 0 Å². The Morgan fingerprint density at radius 3 is 2.61 bits per heavy atom. The van der Waals surface area contributed by atoms with Gasteiger partial charge in [0.1, 0.15) is 33.3 Å². The third-order valence-electron chi connectivity index (χ3n) is 8.71. The van der Waals surface area contributed by atoms with Gasteiger partial charge in [-0.05, 0) is 74.6 Å². The molecule has 0 amide bonds. The van der Waals surface area contributed by atoms with Crippen LogP contribution in [-0.2, 0) is 16.9 Å². The summed E-state index contributed by atoms with van der Waals surface area (Å²) in [6.45, 7) is -2.78. The van der Waals surface area contributed by atoms with Gasteiger partial charge in [-0.25, -0.2) is 9.37 Å². The van der Waals surface area contributed by atoms with Crippen LogP contribution in [-0.4, -0.2) is 28.0 Å². The molecule has 2 aromatic carbocycles. The Bertz CT molecular complexity index is 1650. The molecule has 0 unspecified atom stereocenters. The second kappa shape index (κ2) is 10.1. The van der Waals surface area contributed by atoms with Crippen molar-refractivity contribution in [1.29, 1.82) is 5.26 Å². The van der Waals surface area contributed by atoms with E-state index in [4.69, 9.17) is 14.0 Å². The molecule has 2 aromatic heterocycles. The van der Waals surface area contributed by atoms with E-state index in [2.05, 4.69) is 10.1 Å². The molecule has 3 fully saturated rings. The Hall–Kier alpha value is -3.46. The van der Waals surface area contributed by atoms with Gasteiger partial charge in [-0.3, -0.25) is 0 Å². The smallest absolute Gasteiger partial charge is 0.387 e. The van der Waals surface area contributed by atoms with Gasteiger partial charge in [-0.15, -0.1) is 11.3 Å². The molecule has 0 aliphatic heterocycles. The molecule has 41 heavy (non-hydrogen) atoms. The SMILES string of the molecule is N#Cc1cc(F)c2nc([C@]3(O)[C@@H]4CC[C@H]3C[C@H](OCc3c(-c5ccccc5OC(F)F)noc3C3CC3)C4)sc2c1. The van der Waals surface area contributed by atoms with E-state index in [0.29, 0.717) is 33.8 Å². The van der Waals surface area contributed by atoms with Crippen molar-refractivity contribution in [2.24, 2.45) is 11.8 Å². The molecule has 212 valence electrons. The van der Waals surface area contributed by atoms with E-state index in [1.165, 1.54) is 23.5 Å². The number of halogens is 3. The molecule has 0 spiro atoms. The molecule has 0 saturated heterocycles. The standard InChI is InChI=1S/C30H26F3N3O4S/c31-22-9-15(13-34)10-24-26(22)35-28(41-24)30(37)17-7-8-18(30)12-19(11-17)38-14-21-25(36-40-27(21)16-5-6-16)20-3-1-2-4-23(20)39-29(32)33/h1-4,9-10,16-19,29,37H,5-8,11-12,14H2/t17-,18+,19-,30+. The van der Waals surface area contributed by atoms with E-state index in [0.717, 1.165) is 37.0 Å². The molecule has 3 aliphatic rings. The number of hydrogen-bond acceptors (Lipinski definition) is 8. The van der Waals surface area contributed by atoms with Gasteiger partial charge in [-0.2, -0.15) is 14.0 Å². The van der Waals surface area contributed by atoms with E-state index < -0.39 is 18.0 Å². The van der Waals surface area contributed by atoms with Crippen LogP contribution in [0, 0.1) is 29.0 Å². The fourth-order valence-electron chi connectivity index (χ4n) is 6.61. The molecule has 7 nitrogen and oxygen atoms in total. The molecule has 4 atom stereocenters. The number of benzene rings is 2. The number of aliphatic hydroxyl groups is 1. The predicted octanol–water partition coefficient (Wildman–Crippen LogP) is 7.03. The van der Waals surface area contributed by atoms with E-state index in [1.54, 1.807) is 24.3 Å². The van der Waals surface area contributed by atoms with Crippen molar-refractivity contribution in [3.05, 3.63) is 64.1 Å². The first-order valence-electron chi connectivity index (χ1n) is 13.7. The van der Waals surface area contributed by atoms with Gasteiger partial charge in [0.15, 0.2) is 5.82 Å². The van der Waals surface area contributed by atoms with Crippen LogP contribution in [0.5, 0.6) is 5.75 Å². The first-order valence-corrected chi connectivity index (χ1v) is 14.5. The number of rotatable bonds is 8. The highest BCUT2D eigenvalue weighted by Gasteiger charge is 2.56. The van der Waals surface area contributed by atoms with Gasteiger partial charge in [0, 0.05) is 17.0 Å². The number of thiazole rings is 1. The molecule has 7 rings (SSSR count). The van der Waals surface area contributed by atoms with E-state index in [9.17, 15) is 23.5 Å². The van der Waals surface area contributed by atoms with Crippen LogP contribution in [0.1, 0.15) is 66.3 Å². The molecule has 0 radical (unpaired) electrons. The van der Waals surface area contributed by atoms with Crippen molar-refractivity contribution in [3.63, 3.8) is 0 Å². The number of alkyl halides is 2. The summed E-state index contributed by atoms with van der Waals surface area (Å²) >= 11 is 1.24. The van der Waals surface area contributed by atoms with Crippen LogP contribution in [0.4, 0.5) is 13.2 Å². The molecule has 11 heteroatoms. The monoisotopic (exact) mass is 581 g/mol. The second-order valence-electron chi connectivity index (χ2n) is 11.2. The Kier molecular flexibility index (Phi) is 6.52. The fraction of sp³-hybridized carbons (Fsp3) is 0.433. The maximum absolute atomic E-state index is 14.6. The van der Waals surface area contributed by atoms with Gasteiger partial charge < -0.3 is 19.1 Å². The summed E-state index contributed by atoms with van der Waals surface area (Å²) in [5.41, 5.74) is 0.809. The topological polar surface area (TPSA) is 101 Å². The largest absolute Gasteiger partial charge is 0.434 e. The van der Waals surface area contributed by atoms with Gasteiger partial charge >= 0.3 is 6.61 Å². The lowest BCUT2D eigenvalue weighted by atomic mass is 9.73. The predicted molar refractivity (Wildman–Crippen MR) is 143 cm³/mol. The highest BCUT2D eigenvalue weighted by Crippen LogP contribution is 2.57. The normalized spacial score (nSPS) is 25.6. The minimum absolute atomic E-state index is 0.0225. The summed E-state index contributed by atoms with van der Waals surface area (Å²) < 4.78 is 58.2. The number of fused-ring (bicyclic) bond motifs is 3. The third-order valence-corrected chi connectivity index (χ3v) is 9.85. The first kappa shape index (κ1) is 26.4. The maximum Gasteiger partial charge on any atom is 0.387 e. The average Bonchev–Trinajstić information content (AvgIpc) is 3.52. The molecule has 1 N–H and O–H groups in total. The number of aromatic nitrogens is 2. The van der Waals surface area contributed by atoms with Crippen LogP contribution in [0.15, 0.2) is 40.9 Å². The molecule has 3 aliphatic carbocycles. The summed E-state index contributed by atoms with van der Waals surface area (Å²) in [5, 5.41) is 25.9. The van der Waals surface area contributed by atoms with Crippen molar-refractivity contribution in [2.75, 3.05) is 0 Å². The van der Waals surface area contributed by atoms with Gasteiger partial charge in [0.05, 0.1) is 29.0 Å². The van der Waals surface area contributed by atoms with Crippen molar-refractivity contribution < 1.29 is 32.3 Å². The summed E-state index contributed by atoms with van der Waals surface area (Å²) in [4.78, 5) is 4.50. The Labute approximate surface area is 237 Å². The van der Waals surface area contributed by atoms with Crippen LogP contribution in [0.2, 0.25) is 0 Å². The Morgan fingerprint density at radius 2 is 1.90 bits per heavy atom. The van der Waals surface area contributed by atoms with Gasteiger partial charge in [0.2, 0.25) is 0 Å². The Balaban J connectivity index is 1.13. The zero-order chi connectivity index (χ0) is 28.3. The lowest BCUT2D eigenvalue weighted by molar-refractivity contribution is -0.116. The van der Waals surface area contributed by atoms with Crippen molar-refractivity contribution >= 4 is 21.6 Å². The number of nitriles is 1. The minimum Gasteiger partial charge on any atom is -0.434 e. The zero-order valence-electron chi connectivity index (χ0n) is 21.9. The van der Waals surface area contributed by atoms with Crippen molar-refractivity contribution in [1.82, 2.24) is 10.1 Å². The summed E-state index contributed by atoms with van der Waals surface area (Å²) in [6.07, 6.45) is 4.58. The molecule has 4 aromatic rings. The summed E-state index contributed by atoms with van der Waals surface area (Å²) in [5.74, 6) is 0.174. The van der Waals surface area contributed by atoms with Crippen LogP contribution in [0.25, 0.3) is 21.5 Å². The van der Waals surface area contributed by atoms with E-state index in [-0.39, 0.29) is 47.3 Å². The Morgan fingerprint density at radius 1 is 1.15 bits per heavy atom. The number of nitrogens with zero attached hydrogens (tertiary/aromatic N) is 3. The van der Waals surface area contributed by atoms with Gasteiger partial charge in [0.25, 0.3) is 0 Å². The number of ether oxygens (including phenoxy) is 2. The summed E-state index contributed by atoms with van der Waals surface area (Å²) in [6, 6.07) is 11.3. The second-order valence-corrected chi connectivity index (χ2v) is 12.2. The quantitative estimate of drug-likeness (QED) is 0.238. The first-order chi connectivity index (χ1) is 19.8. The molecular weight excluding hydrogens is 555 g/mol. The highest BCUT2D eigenvalue weighted by molar-refractivity contribution is 7.18. The van der Waals surface area contributed by atoms with Crippen LogP contribution in [0.3, 0.4) is 0 Å². The maximum atomic E-state index is 14.6. The fourth-order valence-corrected chi connectivity index (χ4v) is 7.88. The van der Waals surface area contributed by atoms with Crippen LogP contribution < -0.4 is 4.74 Å². The lowest BCUT2D eigenvalue weighted by Crippen LogP contribution is -2.44. The molecular formula is C30H26F3N3O4S. The van der Waals surface area contributed by atoms with Crippen molar-refractivity contribution in [3.8, 4) is 23.1 Å². The third kappa shape index (κ3) is 4.58. The zero-order valence-corrected chi connectivity index (χ0v) is 22.7. The highest BCUT2D eigenvalue weighted by atomic mass is 32.1. The average molecular weight is 582 g/mol. The molecule has 2 bridgehead atoms. The van der Waals surface area contributed by atoms with Gasteiger partial charge in [-0.1, -0.05) is 17.3 Å². The van der Waals surface area contributed by atoms with Crippen molar-refractivity contribution in [2.45, 2.75) is 69.4 Å². The van der Waals surface area contributed by atoms with Crippen LogP contribution >= 0.6 is 11.3 Å². The molecule has 2 heterocycles. The summed E-state index contributed by atoms with van der Waals surface area (Å²) in [7, 11) is 0. The molecule has 3 saturated carbocycles. The van der Waals surface area contributed by atoms with E-state index in [1.807, 2.05) is 6.07 Å². The lowest BCUT2D eigenvalue weighted by Gasteiger charge is -2.41. The number of para-hydroxylation sites is 1.